The first kappa shape index (κ1) is 14.8. The van der Waals surface area contributed by atoms with E-state index in [1.54, 1.807) is 17.8 Å². The van der Waals surface area contributed by atoms with Gasteiger partial charge in [-0.25, -0.2) is 4.98 Å². The molecule has 2 aromatic heterocycles. The number of hydrogen-bond donors (Lipinski definition) is 2. The van der Waals surface area contributed by atoms with Crippen LogP contribution in [0.1, 0.15) is 54.6 Å². The molecule has 0 aromatic carbocycles. The van der Waals surface area contributed by atoms with E-state index in [2.05, 4.69) is 15.4 Å². The number of carbonyl (C=O) groups excluding carboxylic acids is 1. The maximum Gasteiger partial charge on any atom is 0.274 e. The van der Waals surface area contributed by atoms with Crippen LogP contribution in [0.25, 0.3) is 11.0 Å². The van der Waals surface area contributed by atoms with Gasteiger partial charge in [0.05, 0.1) is 10.9 Å². The number of hydrogen-bond acceptors (Lipinski definition) is 3. The second-order valence-electron chi connectivity index (χ2n) is 6.17. The molecule has 0 aliphatic heterocycles. The molecule has 0 unspecified atom stereocenters. The summed E-state index contributed by atoms with van der Waals surface area (Å²) >= 11 is 0. The Morgan fingerprint density at radius 2 is 2.00 bits per heavy atom. The number of rotatable bonds is 2. The zero-order valence-electron chi connectivity index (χ0n) is 13.1. The van der Waals surface area contributed by atoms with Crippen molar-refractivity contribution in [2.24, 2.45) is 7.05 Å². The van der Waals surface area contributed by atoms with E-state index in [4.69, 9.17) is 0 Å². The van der Waals surface area contributed by atoms with Gasteiger partial charge >= 0.3 is 0 Å². The lowest BCUT2D eigenvalue weighted by molar-refractivity contribution is 0.0935. The second-order valence-corrected chi connectivity index (χ2v) is 6.17. The second kappa shape index (κ2) is 5.94. The van der Waals surface area contributed by atoms with Gasteiger partial charge in [-0.1, -0.05) is 25.7 Å². The van der Waals surface area contributed by atoms with Crippen molar-refractivity contribution in [1.29, 1.82) is 0 Å². The number of carbonyl (C=O) groups is 1. The van der Waals surface area contributed by atoms with Crippen LogP contribution in [-0.2, 0) is 7.05 Å². The minimum Gasteiger partial charge on any atom is -0.349 e. The van der Waals surface area contributed by atoms with E-state index >= 15 is 0 Å². The van der Waals surface area contributed by atoms with E-state index in [0.29, 0.717) is 16.6 Å². The number of nitrogens with one attached hydrogen (secondary N) is 2. The first-order chi connectivity index (χ1) is 10.6. The molecule has 0 atom stereocenters. The van der Waals surface area contributed by atoms with Gasteiger partial charge < -0.3 is 5.32 Å². The Kier molecular flexibility index (Phi) is 4.00. The Labute approximate surface area is 128 Å². The summed E-state index contributed by atoms with van der Waals surface area (Å²) in [6.07, 6.45) is 6.82. The molecular formula is C16H22N4O2. The van der Waals surface area contributed by atoms with Crippen molar-refractivity contribution in [2.45, 2.75) is 51.5 Å². The lowest BCUT2D eigenvalue weighted by Crippen LogP contribution is -2.35. The largest absolute Gasteiger partial charge is 0.349 e. The summed E-state index contributed by atoms with van der Waals surface area (Å²) in [6, 6.07) is 1.91. The van der Waals surface area contributed by atoms with Crippen LogP contribution < -0.4 is 10.9 Å². The van der Waals surface area contributed by atoms with Crippen LogP contribution in [-0.4, -0.2) is 26.7 Å². The summed E-state index contributed by atoms with van der Waals surface area (Å²) in [5, 5.41) is 6.15. The van der Waals surface area contributed by atoms with Crippen LogP contribution in [0, 0.1) is 6.92 Å². The molecule has 2 aromatic rings. The molecule has 1 aliphatic rings. The van der Waals surface area contributed by atoms with Gasteiger partial charge in [-0.15, -0.1) is 0 Å². The Morgan fingerprint density at radius 3 is 2.68 bits per heavy atom. The summed E-state index contributed by atoms with van der Waals surface area (Å²) < 4.78 is 1.56. The minimum atomic E-state index is -0.268. The summed E-state index contributed by atoms with van der Waals surface area (Å²) in [6.45, 7) is 1.83. The first-order valence-corrected chi connectivity index (χ1v) is 7.93. The molecule has 0 radical (unpaired) electrons. The fraction of sp³-hybridized carbons (Fsp3) is 0.562. The molecule has 1 fully saturated rings. The number of H-pyrrole nitrogens is 1. The van der Waals surface area contributed by atoms with Crippen molar-refractivity contribution in [1.82, 2.24) is 20.1 Å². The smallest absolute Gasteiger partial charge is 0.274 e. The van der Waals surface area contributed by atoms with Gasteiger partial charge in [-0.05, 0) is 25.8 Å². The number of aromatic amines is 1. The zero-order chi connectivity index (χ0) is 15.7. The third kappa shape index (κ3) is 2.77. The maximum absolute atomic E-state index is 12.7. The maximum atomic E-state index is 12.7. The predicted molar refractivity (Wildman–Crippen MR) is 85.0 cm³/mol. The van der Waals surface area contributed by atoms with Gasteiger partial charge in [-0.3, -0.25) is 19.4 Å². The zero-order valence-corrected chi connectivity index (χ0v) is 13.1. The van der Waals surface area contributed by atoms with Gasteiger partial charge in [-0.2, -0.15) is 0 Å². The molecule has 0 spiro atoms. The molecule has 2 heterocycles. The Bertz CT molecular complexity index is 751. The SMILES string of the molecule is Cc1cc(C(=O)NC2CCCCCC2)c2c(=O)[nH]n(C)c2n1. The Hall–Kier alpha value is -2.11. The van der Waals surface area contributed by atoms with E-state index in [-0.39, 0.29) is 17.5 Å². The number of fused-ring (bicyclic) bond motifs is 1. The van der Waals surface area contributed by atoms with Crippen LogP contribution in [0.2, 0.25) is 0 Å². The molecule has 0 bridgehead atoms. The monoisotopic (exact) mass is 302 g/mol. The lowest BCUT2D eigenvalue weighted by Gasteiger charge is -2.16. The van der Waals surface area contributed by atoms with Crippen LogP contribution in [0.5, 0.6) is 0 Å². The van der Waals surface area contributed by atoms with Gasteiger partial charge in [0.25, 0.3) is 11.5 Å². The summed E-state index contributed by atoms with van der Waals surface area (Å²) in [5.41, 5.74) is 1.41. The molecular weight excluding hydrogens is 280 g/mol. The summed E-state index contributed by atoms with van der Waals surface area (Å²) in [7, 11) is 1.73. The van der Waals surface area contributed by atoms with Gasteiger partial charge in [0.2, 0.25) is 0 Å². The highest BCUT2D eigenvalue weighted by Gasteiger charge is 2.21. The predicted octanol–water partition coefficient (Wildman–Crippen LogP) is 2.02. The fourth-order valence-electron chi connectivity index (χ4n) is 3.25. The van der Waals surface area contributed by atoms with Crippen molar-refractivity contribution < 1.29 is 4.79 Å². The summed E-state index contributed by atoms with van der Waals surface area (Å²) in [5.74, 6) is -0.168. The summed E-state index contributed by atoms with van der Waals surface area (Å²) in [4.78, 5) is 29.1. The van der Waals surface area contributed by atoms with Crippen LogP contribution >= 0.6 is 0 Å². The average molecular weight is 302 g/mol. The number of nitrogens with zero attached hydrogens (tertiary/aromatic N) is 2. The fourth-order valence-corrected chi connectivity index (χ4v) is 3.25. The highest BCUT2D eigenvalue weighted by Crippen LogP contribution is 2.19. The van der Waals surface area contributed by atoms with Crippen molar-refractivity contribution >= 4 is 16.9 Å². The van der Waals surface area contributed by atoms with Crippen LogP contribution in [0.4, 0.5) is 0 Å². The van der Waals surface area contributed by atoms with Crippen molar-refractivity contribution in [3.05, 3.63) is 27.7 Å². The molecule has 118 valence electrons. The standard InChI is InChI=1S/C16H22N4O2/c1-10-9-12(13-14(17-10)20(2)19-16(13)22)15(21)18-11-7-5-3-4-6-8-11/h9,11H,3-8H2,1-2H3,(H,18,21)(H,19,22). The topological polar surface area (TPSA) is 79.8 Å². The quantitative estimate of drug-likeness (QED) is 0.833. The molecule has 6 heteroatoms. The lowest BCUT2D eigenvalue weighted by atomic mass is 10.1. The van der Waals surface area contributed by atoms with E-state index in [9.17, 15) is 9.59 Å². The normalized spacial score (nSPS) is 16.6. The van der Waals surface area contributed by atoms with Gasteiger partial charge in [0.1, 0.15) is 0 Å². The van der Waals surface area contributed by atoms with E-state index in [0.717, 1.165) is 31.4 Å². The van der Waals surface area contributed by atoms with E-state index < -0.39 is 0 Å². The Morgan fingerprint density at radius 1 is 1.32 bits per heavy atom. The average Bonchev–Trinajstić information content (AvgIpc) is 2.68. The minimum absolute atomic E-state index is 0.168. The number of amides is 1. The number of aromatic nitrogens is 3. The molecule has 1 aliphatic carbocycles. The first-order valence-electron chi connectivity index (χ1n) is 7.93. The Balaban J connectivity index is 1.95. The molecule has 22 heavy (non-hydrogen) atoms. The third-order valence-corrected chi connectivity index (χ3v) is 4.38. The van der Waals surface area contributed by atoms with Crippen LogP contribution in [0.15, 0.2) is 10.9 Å². The van der Waals surface area contributed by atoms with Crippen LogP contribution in [0.3, 0.4) is 0 Å². The van der Waals surface area contributed by atoms with Gasteiger partial charge in [0.15, 0.2) is 5.65 Å². The molecule has 1 amide bonds. The molecule has 0 saturated heterocycles. The van der Waals surface area contributed by atoms with Gasteiger partial charge in [0, 0.05) is 18.8 Å². The number of aryl methyl sites for hydroxylation is 2. The number of pyridine rings is 1. The molecule has 1 saturated carbocycles. The van der Waals surface area contributed by atoms with E-state index in [1.807, 2.05) is 6.92 Å². The highest BCUT2D eigenvalue weighted by molar-refractivity contribution is 6.05. The third-order valence-electron chi connectivity index (χ3n) is 4.38. The van der Waals surface area contributed by atoms with E-state index in [1.165, 1.54) is 12.8 Å². The van der Waals surface area contributed by atoms with Crippen molar-refractivity contribution in [3.63, 3.8) is 0 Å². The highest BCUT2D eigenvalue weighted by atomic mass is 16.2. The molecule has 3 rings (SSSR count). The van der Waals surface area contributed by atoms with Crippen molar-refractivity contribution in [2.75, 3.05) is 0 Å². The molecule has 2 N–H and O–H groups in total. The van der Waals surface area contributed by atoms with Crippen molar-refractivity contribution in [3.8, 4) is 0 Å². The molecule has 6 nitrogen and oxygen atoms in total.